The highest BCUT2D eigenvalue weighted by Crippen LogP contribution is 2.40. The Labute approximate surface area is 367 Å². The van der Waals surface area contributed by atoms with E-state index in [1.807, 2.05) is 39.8 Å². The number of hydrogen-bond acceptors (Lipinski definition) is 8. The van der Waals surface area contributed by atoms with Crippen LogP contribution in [0.4, 0.5) is 17.1 Å². The average Bonchev–Trinajstić information content (AvgIpc) is 3.21. The van der Waals surface area contributed by atoms with E-state index in [1.54, 1.807) is 37.4 Å². The third-order valence-corrected chi connectivity index (χ3v) is 14.9. The average molecular weight is 878 g/mol. The Bertz CT molecular complexity index is 2320. The van der Waals surface area contributed by atoms with Crippen LogP contribution in [0.1, 0.15) is 154 Å². The van der Waals surface area contributed by atoms with Gasteiger partial charge in [0.1, 0.15) is 22.1 Å². The molecule has 0 aromatic heterocycles. The summed E-state index contributed by atoms with van der Waals surface area (Å²) >= 11 is 0. The lowest BCUT2D eigenvalue weighted by Crippen LogP contribution is -2.26. The highest BCUT2D eigenvalue weighted by atomic mass is 32.2. The molecular formula is C49H71N3O7S2. The number of hydrogen-bond donors (Lipinski definition) is 3. The molecule has 0 heterocycles. The molecule has 61 heavy (non-hydrogen) atoms. The van der Waals surface area contributed by atoms with Crippen LogP contribution in [-0.4, -0.2) is 44.2 Å². The van der Waals surface area contributed by atoms with Gasteiger partial charge in [-0.05, 0) is 113 Å². The highest BCUT2D eigenvalue weighted by molar-refractivity contribution is 7.93. The lowest BCUT2D eigenvalue weighted by molar-refractivity contribution is 0.296. The maximum Gasteiger partial charge on any atom is 0.262 e. The van der Waals surface area contributed by atoms with Crippen LogP contribution >= 0.6 is 0 Å². The van der Waals surface area contributed by atoms with E-state index in [0.29, 0.717) is 47.8 Å². The van der Waals surface area contributed by atoms with Crippen LogP contribution in [0.3, 0.4) is 0 Å². The summed E-state index contributed by atoms with van der Waals surface area (Å²) in [4.78, 5) is 0.0922. The Kier molecular flexibility index (Phi) is 16.4. The lowest BCUT2D eigenvalue weighted by Gasteiger charge is -2.30. The second-order valence-electron chi connectivity index (χ2n) is 18.1. The standard InChI is InChI=1S/C49H71N3O7S2/c1-15-48(9,10)36-19-24-44(41(29-36)49(11,12)16-2)59-26-18-17-25-50-60(53,54)46-30-37(20-22-43(46)51-42-23-21-38(57-13)31-45(42)58-14)52-61(55,56)47-39(33(5)6)27-35(32(3)4)28-40(47)34(7)8/h19-24,27-34,50-52H,15-18,25-26H2,1-14H3. The van der Waals surface area contributed by atoms with Gasteiger partial charge in [-0.25, -0.2) is 21.6 Å². The maximum atomic E-state index is 14.4. The smallest absolute Gasteiger partial charge is 0.262 e. The van der Waals surface area contributed by atoms with Crippen LogP contribution in [0.25, 0.3) is 0 Å². The minimum atomic E-state index is -4.19. The van der Waals surface area contributed by atoms with E-state index in [2.05, 4.69) is 88.3 Å². The van der Waals surface area contributed by atoms with Gasteiger partial charge in [0, 0.05) is 18.2 Å². The Morgan fingerprint density at radius 1 is 0.639 bits per heavy atom. The molecule has 4 aromatic carbocycles. The van der Waals surface area contributed by atoms with Gasteiger partial charge in [0.05, 0.1) is 42.8 Å². The van der Waals surface area contributed by atoms with Crippen LogP contribution in [-0.2, 0) is 30.9 Å². The van der Waals surface area contributed by atoms with Crippen molar-refractivity contribution in [2.45, 2.75) is 147 Å². The van der Waals surface area contributed by atoms with Crippen molar-refractivity contribution in [2.75, 3.05) is 37.4 Å². The topological polar surface area (TPSA) is 132 Å². The van der Waals surface area contributed by atoms with Crippen LogP contribution in [0, 0.1) is 0 Å². The second kappa shape index (κ2) is 20.3. The Morgan fingerprint density at radius 3 is 1.82 bits per heavy atom. The number of ether oxygens (including phenoxy) is 3. The van der Waals surface area contributed by atoms with Crippen molar-refractivity contribution in [3.8, 4) is 17.2 Å². The SMILES string of the molecule is CCC(C)(C)c1ccc(OCCCCNS(=O)(=O)c2cc(NS(=O)(=O)c3c(C(C)C)cc(C(C)C)cc3C(C)C)ccc2Nc2ccc(OC)cc2OC)c(C(C)(C)CC)c1. The summed E-state index contributed by atoms with van der Waals surface area (Å²) in [6, 6.07) is 20.1. The first-order chi connectivity index (χ1) is 28.5. The van der Waals surface area contributed by atoms with Gasteiger partial charge < -0.3 is 19.5 Å². The normalized spacial score (nSPS) is 12.6. The zero-order valence-corrected chi connectivity index (χ0v) is 40.6. The number of anilines is 3. The second-order valence-corrected chi connectivity index (χ2v) is 21.5. The van der Waals surface area contributed by atoms with E-state index in [9.17, 15) is 16.8 Å². The molecule has 0 radical (unpaired) electrons. The summed E-state index contributed by atoms with van der Waals surface area (Å²) in [6.45, 7) is 26.0. The monoisotopic (exact) mass is 877 g/mol. The van der Waals surface area contributed by atoms with E-state index in [4.69, 9.17) is 14.2 Å². The van der Waals surface area contributed by atoms with Crippen LogP contribution < -0.4 is 29.0 Å². The molecule has 10 nitrogen and oxygen atoms in total. The van der Waals surface area contributed by atoms with Crippen molar-refractivity contribution < 1.29 is 31.0 Å². The lowest BCUT2D eigenvalue weighted by atomic mass is 9.76. The molecule has 0 saturated heterocycles. The Hall–Kier alpha value is -4.26. The molecule has 12 heteroatoms. The van der Waals surface area contributed by atoms with Gasteiger partial charge in [-0.15, -0.1) is 0 Å². The van der Waals surface area contributed by atoms with Gasteiger partial charge in [0.2, 0.25) is 10.0 Å². The van der Waals surface area contributed by atoms with Crippen LogP contribution in [0.15, 0.2) is 76.5 Å². The summed E-state index contributed by atoms with van der Waals surface area (Å²) < 4.78 is 80.1. The molecule has 0 amide bonds. The van der Waals surface area contributed by atoms with Gasteiger partial charge in [0.15, 0.2) is 0 Å². The van der Waals surface area contributed by atoms with E-state index < -0.39 is 20.0 Å². The first kappa shape index (κ1) is 49.4. The molecule has 0 spiro atoms. The fourth-order valence-electron chi connectivity index (χ4n) is 7.06. The zero-order chi connectivity index (χ0) is 45.5. The van der Waals surface area contributed by atoms with Crippen LogP contribution in [0.5, 0.6) is 17.2 Å². The zero-order valence-electron chi connectivity index (χ0n) is 39.0. The van der Waals surface area contributed by atoms with Crippen molar-refractivity contribution >= 4 is 37.1 Å². The first-order valence-electron chi connectivity index (χ1n) is 21.6. The van der Waals surface area contributed by atoms with Gasteiger partial charge in [-0.1, -0.05) is 107 Å². The molecule has 0 fully saturated rings. The summed E-state index contributed by atoms with van der Waals surface area (Å²) in [5, 5.41) is 3.21. The number of unbranched alkanes of at least 4 members (excludes halogenated alkanes) is 1. The minimum absolute atomic E-state index is 0.0441. The number of nitrogens with one attached hydrogen (secondary N) is 3. The molecule has 0 saturated carbocycles. The van der Waals surface area contributed by atoms with Crippen molar-refractivity contribution in [1.29, 1.82) is 0 Å². The van der Waals surface area contributed by atoms with Gasteiger partial charge in [-0.3, -0.25) is 4.72 Å². The third-order valence-electron chi connectivity index (χ3n) is 11.9. The molecule has 4 aromatic rings. The largest absolute Gasteiger partial charge is 0.497 e. The summed E-state index contributed by atoms with van der Waals surface area (Å²) in [6.07, 6.45) is 3.09. The summed E-state index contributed by atoms with van der Waals surface area (Å²) in [5.41, 5.74) is 5.75. The molecule has 4 rings (SSSR count). The molecule has 0 bridgehead atoms. The first-order valence-corrected chi connectivity index (χ1v) is 24.6. The van der Waals surface area contributed by atoms with E-state index in [-0.39, 0.29) is 56.3 Å². The summed E-state index contributed by atoms with van der Waals surface area (Å²) in [5.74, 6) is 1.90. The quantitative estimate of drug-likeness (QED) is 0.0665. The van der Waals surface area contributed by atoms with Crippen molar-refractivity contribution in [3.63, 3.8) is 0 Å². The number of benzene rings is 4. The molecule has 0 aliphatic carbocycles. The Morgan fingerprint density at radius 2 is 1.26 bits per heavy atom. The fraction of sp³-hybridized carbons (Fsp3) is 0.510. The van der Waals surface area contributed by atoms with Gasteiger partial charge in [-0.2, -0.15) is 0 Å². The summed E-state index contributed by atoms with van der Waals surface area (Å²) in [7, 11) is -5.30. The molecule has 3 N–H and O–H groups in total. The number of sulfonamides is 2. The maximum absolute atomic E-state index is 14.4. The number of methoxy groups -OCH3 is 2. The van der Waals surface area contributed by atoms with Crippen molar-refractivity contribution in [3.05, 3.63) is 94.5 Å². The molecular weight excluding hydrogens is 807 g/mol. The highest BCUT2D eigenvalue weighted by Gasteiger charge is 2.30. The molecule has 0 unspecified atom stereocenters. The predicted molar refractivity (Wildman–Crippen MR) is 252 cm³/mol. The minimum Gasteiger partial charge on any atom is -0.497 e. The fourth-order valence-corrected chi connectivity index (χ4v) is 10.1. The van der Waals surface area contributed by atoms with Gasteiger partial charge >= 0.3 is 0 Å². The Balaban J connectivity index is 1.64. The third kappa shape index (κ3) is 12.0. The van der Waals surface area contributed by atoms with Crippen molar-refractivity contribution in [2.24, 2.45) is 0 Å². The predicted octanol–water partition coefficient (Wildman–Crippen LogP) is 12.1. The van der Waals surface area contributed by atoms with E-state index >= 15 is 0 Å². The molecule has 336 valence electrons. The van der Waals surface area contributed by atoms with E-state index in [1.165, 1.54) is 24.3 Å². The van der Waals surface area contributed by atoms with Crippen LogP contribution in [0.2, 0.25) is 0 Å². The molecule has 0 aliphatic rings. The molecule has 0 atom stereocenters. The van der Waals surface area contributed by atoms with Crippen molar-refractivity contribution in [1.82, 2.24) is 4.72 Å². The molecule has 0 aliphatic heterocycles. The van der Waals surface area contributed by atoms with E-state index in [0.717, 1.165) is 24.2 Å². The number of rotatable bonds is 22. The van der Waals surface area contributed by atoms with Gasteiger partial charge in [0.25, 0.3) is 10.0 Å².